The van der Waals surface area contributed by atoms with Crippen LogP contribution in [0.5, 0.6) is 0 Å². The average molecular weight is 219 g/mol. The van der Waals surface area contributed by atoms with Crippen LogP contribution in [-0.4, -0.2) is 5.24 Å². The first-order chi connectivity index (χ1) is 6.20. The minimum atomic E-state index is -0.273. The number of alkyl halides is 1. The van der Waals surface area contributed by atoms with E-state index >= 15 is 0 Å². The van der Waals surface area contributed by atoms with E-state index in [4.69, 9.17) is 23.2 Å². The molecular weight excluding hydrogens is 207 g/mol. The maximum Gasteiger partial charge on any atom is 0.221 e. The molecule has 13 heavy (non-hydrogen) atoms. The molecule has 0 heterocycles. The number of rotatable bonds is 2. The molecule has 0 saturated carbocycles. The highest BCUT2D eigenvalue weighted by molar-refractivity contribution is 6.63. The second-order valence-corrected chi connectivity index (χ2v) is 3.02. The van der Waals surface area contributed by atoms with Crippen molar-refractivity contribution in [3.8, 4) is 0 Å². The highest BCUT2D eigenvalue weighted by Crippen LogP contribution is 2.00. The molecule has 0 bridgehead atoms. The summed E-state index contributed by atoms with van der Waals surface area (Å²) in [5.74, 6) is 0.612. The molecule has 1 nitrogen and oxygen atoms in total. The Bertz CT molecular complexity index is 234. The van der Waals surface area contributed by atoms with Crippen molar-refractivity contribution in [2.45, 2.75) is 19.2 Å². The van der Waals surface area contributed by atoms with Gasteiger partial charge in [0.05, 0.1) is 0 Å². The molecule has 0 fully saturated rings. The number of carbonyl (C=O) groups is 1. The van der Waals surface area contributed by atoms with Crippen LogP contribution in [0.4, 0.5) is 0 Å². The van der Waals surface area contributed by atoms with Crippen molar-refractivity contribution in [2.24, 2.45) is 0 Å². The molecule has 0 amide bonds. The third-order valence-corrected chi connectivity index (χ3v) is 1.85. The lowest BCUT2D eigenvalue weighted by Gasteiger charge is -1.88. The number of carbonyl (C=O) groups excluding carboxylic acids is 1. The number of hydrogen-bond acceptors (Lipinski definition) is 1. The average Bonchev–Trinajstić information content (AvgIpc) is 2.20. The van der Waals surface area contributed by atoms with E-state index in [9.17, 15) is 4.79 Å². The Morgan fingerprint density at radius 2 is 1.77 bits per heavy atom. The number of benzene rings is 1. The van der Waals surface area contributed by atoms with E-state index in [1.54, 1.807) is 6.92 Å². The van der Waals surface area contributed by atoms with Crippen molar-refractivity contribution < 1.29 is 4.79 Å². The Morgan fingerprint density at radius 3 is 2.00 bits per heavy atom. The summed E-state index contributed by atoms with van der Waals surface area (Å²) >= 11 is 10.4. The van der Waals surface area contributed by atoms with Gasteiger partial charge in [-0.05, 0) is 17.2 Å². The van der Waals surface area contributed by atoms with Gasteiger partial charge in [0.2, 0.25) is 5.24 Å². The minimum Gasteiger partial charge on any atom is -0.281 e. The molecule has 0 aliphatic heterocycles. The summed E-state index contributed by atoms with van der Waals surface area (Å²) in [6, 6.07) is 9.96. The summed E-state index contributed by atoms with van der Waals surface area (Å²) in [4.78, 5) is 9.58. The van der Waals surface area contributed by atoms with Crippen LogP contribution in [0.3, 0.4) is 0 Å². The molecule has 3 heteroatoms. The number of halogens is 2. The van der Waals surface area contributed by atoms with E-state index in [1.807, 2.05) is 30.3 Å². The van der Waals surface area contributed by atoms with Crippen LogP contribution >= 0.6 is 23.2 Å². The lowest BCUT2D eigenvalue weighted by atomic mass is 10.2. The van der Waals surface area contributed by atoms with E-state index < -0.39 is 0 Å². The SMILES string of the molecule is CCC(=O)Cl.ClCc1ccccc1. The Labute approximate surface area is 88.7 Å². The van der Waals surface area contributed by atoms with Gasteiger partial charge in [-0.2, -0.15) is 0 Å². The molecule has 1 aromatic rings. The van der Waals surface area contributed by atoms with Gasteiger partial charge in [0.15, 0.2) is 0 Å². The second-order valence-electron chi connectivity index (χ2n) is 2.33. The van der Waals surface area contributed by atoms with Gasteiger partial charge in [0.1, 0.15) is 0 Å². The van der Waals surface area contributed by atoms with Crippen molar-refractivity contribution in [1.29, 1.82) is 0 Å². The van der Waals surface area contributed by atoms with E-state index in [-0.39, 0.29) is 5.24 Å². The normalized spacial score (nSPS) is 8.54. The van der Waals surface area contributed by atoms with Gasteiger partial charge < -0.3 is 0 Å². The van der Waals surface area contributed by atoms with Crippen molar-refractivity contribution in [3.63, 3.8) is 0 Å². The summed E-state index contributed by atoms with van der Waals surface area (Å²) < 4.78 is 0. The van der Waals surface area contributed by atoms with Crippen LogP contribution < -0.4 is 0 Å². The van der Waals surface area contributed by atoms with Crippen molar-refractivity contribution in [1.82, 2.24) is 0 Å². The minimum absolute atomic E-state index is 0.273. The quantitative estimate of drug-likeness (QED) is 0.548. The van der Waals surface area contributed by atoms with Gasteiger partial charge in [-0.15, -0.1) is 11.6 Å². The molecular formula is C10H12Cl2O. The highest BCUT2D eigenvalue weighted by atomic mass is 35.5. The van der Waals surface area contributed by atoms with Crippen LogP contribution in [0.1, 0.15) is 18.9 Å². The molecule has 1 rings (SSSR count). The van der Waals surface area contributed by atoms with Crippen molar-refractivity contribution in [3.05, 3.63) is 35.9 Å². The standard InChI is InChI=1S/C7H7Cl.C3H5ClO/c8-6-7-4-2-1-3-5-7;1-2-3(4)5/h1-5H,6H2;2H2,1H3. The Hall–Kier alpha value is -0.530. The first-order valence-electron chi connectivity index (χ1n) is 3.99. The third kappa shape index (κ3) is 7.82. The topological polar surface area (TPSA) is 17.1 Å². The van der Waals surface area contributed by atoms with Gasteiger partial charge >= 0.3 is 0 Å². The Balaban J connectivity index is 0.000000252. The molecule has 0 radical (unpaired) electrons. The predicted molar refractivity (Wildman–Crippen MR) is 57.2 cm³/mol. The Morgan fingerprint density at radius 1 is 1.31 bits per heavy atom. The maximum atomic E-state index is 9.58. The molecule has 0 unspecified atom stereocenters. The molecule has 0 atom stereocenters. The zero-order valence-electron chi connectivity index (χ0n) is 7.47. The van der Waals surface area contributed by atoms with E-state index in [2.05, 4.69) is 0 Å². The zero-order valence-corrected chi connectivity index (χ0v) is 8.98. The molecule has 0 spiro atoms. The van der Waals surface area contributed by atoms with Gasteiger partial charge in [-0.25, -0.2) is 0 Å². The van der Waals surface area contributed by atoms with Gasteiger partial charge in [-0.1, -0.05) is 37.3 Å². The summed E-state index contributed by atoms with van der Waals surface area (Å²) in [5.41, 5.74) is 1.18. The summed E-state index contributed by atoms with van der Waals surface area (Å²) in [7, 11) is 0. The van der Waals surface area contributed by atoms with Crippen LogP contribution in [-0.2, 0) is 10.7 Å². The number of hydrogen-bond donors (Lipinski definition) is 0. The first kappa shape index (κ1) is 12.5. The van der Waals surface area contributed by atoms with Gasteiger partial charge in [-0.3, -0.25) is 4.79 Å². The van der Waals surface area contributed by atoms with Gasteiger partial charge in [0.25, 0.3) is 0 Å². The van der Waals surface area contributed by atoms with Crippen molar-refractivity contribution >= 4 is 28.4 Å². The summed E-state index contributed by atoms with van der Waals surface area (Å²) in [6.07, 6.45) is 0.432. The molecule has 0 aliphatic carbocycles. The monoisotopic (exact) mass is 218 g/mol. The zero-order chi connectivity index (χ0) is 10.1. The molecule has 0 aliphatic rings. The third-order valence-electron chi connectivity index (χ3n) is 1.28. The Kier molecular flexibility index (Phi) is 7.76. The van der Waals surface area contributed by atoms with Gasteiger partial charge in [0, 0.05) is 12.3 Å². The van der Waals surface area contributed by atoms with Crippen LogP contribution in [0.15, 0.2) is 30.3 Å². The molecule has 1 aromatic carbocycles. The van der Waals surface area contributed by atoms with E-state index in [0.717, 1.165) is 0 Å². The molecule has 0 aromatic heterocycles. The molecule has 0 saturated heterocycles. The largest absolute Gasteiger partial charge is 0.281 e. The van der Waals surface area contributed by atoms with Crippen LogP contribution in [0, 0.1) is 0 Å². The smallest absolute Gasteiger partial charge is 0.221 e. The summed E-state index contributed by atoms with van der Waals surface area (Å²) in [5, 5.41) is -0.273. The van der Waals surface area contributed by atoms with Crippen LogP contribution in [0.25, 0.3) is 0 Å². The second kappa shape index (κ2) is 8.09. The van der Waals surface area contributed by atoms with E-state index in [0.29, 0.717) is 12.3 Å². The first-order valence-corrected chi connectivity index (χ1v) is 4.90. The lowest BCUT2D eigenvalue weighted by molar-refractivity contribution is -0.111. The fraction of sp³-hybridized carbons (Fsp3) is 0.300. The lowest BCUT2D eigenvalue weighted by Crippen LogP contribution is -1.74. The van der Waals surface area contributed by atoms with Crippen molar-refractivity contribution in [2.75, 3.05) is 0 Å². The molecule has 72 valence electrons. The maximum absolute atomic E-state index is 9.58. The highest BCUT2D eigenvalue weighted by Gasteiger charge is 1.81. The fourth-order valence-corrected chi connectivity index (χ4v) is 0.745. The van der Waals surface area contributed by atoms with E-state index in [1.165, 1.54) is 5.56 Å². The predicted octanol–water partition coefficient (Wildman–Crippen LogP) is 3.59. The fourth-order valence-electron chi connectivity index (χ4n) is 0.567. The van der Waals surface area contributed by atoms with Crippen LogP contribution in [0.2, 0.25) is 0 Å². The summed E-state index contributed by atoms with van der Waals surface area (Å²) in [6.45, 7) is 1.72. The molecule has 0 N–H and O–H groups in total.